The number of unbranched alkanes of at least 4 members (excludes halogenated alkanes) is 1. The summed E-state index contributed by atoms with van der Waals surface area (Å²) in [4.78, 5) is 28.8. The van der Waals surface area contributed by atoms with Crippen molar-refractivity contribution in [3.63, 3.8) is 0 Å². The molecule has 7 nitrogen and oxygen atoms in total. The zero-order chi connectivity index (χ0) is 28.4. The monoisotopic (exact) mass is 573 g/mol. The summed E-state index contributed by atoms with van der Waals surface area (Å²) in [5, 5.41) is 3.45. The third-order valence-corrected chi connectivity index (χ3v) is 7.55. The Balaban J connectivity index is 2.01. The van der Waals surface area contributed by atoms with Crippen molar-refractivity contribution in [1.29, 1.82) is 0 Å². The Kier molecular flexibility index (Phi) is 10.9. The van der Waals surface area contributed by atoms with Gasteiger partial charge in [-0.2, -0.15) is 0 Å². The zero-order valence-electron chi connectivity index (χ0n) is 22.0. The number of anilines is 1. The van der Waals surface area contributed by atoms with Crippen LogP contribution in [0.1, 0.15) is 30.9 Å². The molecule has 3 aromatic rings. The smallest absolute Gasteiger partial charge is 0.244 e. The lowest BCUT2D eigenvalue weighted by atomic mass is 10.0. The predicted octanol–water partition coefficient (Wildman–Crippen LogP) is 4.80. The van der Waals surface area contributed by atoms with Gasteiger partial charge >= 0.3 is 0 Å². The van der Waals surface area contributed by atoms with Crippen molar-refractivity contribution in [1.82, 2.24) is 10.2 Å². The molecule has 0 aliphatic rings. The van der Waals surface area contributed by atoms with Gasteiger partial charge in [0.2, 0.25) is 21.8 Å². The van der Waals surface area contributed by atoms with E-state index in [9.17, 15) is 22.4 Å². The number of hydrogen-bond acceptors (Lipinski definition) is 4. The fraction of sp³-hybridized carbons (Fsp3) is 0.310. The number of halogens is 2. The number of amides is 2. The average Bonchev–Trinajstić information content (AvgIpc) is 2.91. The highest BCUT2D eigenvalue weighted by atomic mass is 35.5. The number of sulfonamides is 1. The fourth-order valence-corrected chi connectivity index (χ4v) is 5.04. The standard InChI is InChI=1S/C29H33ClFN3O4S/c1-3-4-18-32-29(36)27(19-22-8-6-5-7-9-22)33(20-23-10-12-24(30)13-11-23)28(35)21-34(39(2,37)38)26-16-14-25(31)15-17-26/h5-17,27H,3-4,18-21H2,1-2H3,(H,32,36). The molecule has 0 spiro atoms. The Hall–Kier alpha value is -3.43. The summed E-state index contributed by atoms with van der Waals surface area (Å²) in [5.41, 5.74) is 1.71. The van der Waals surface area contributed by atoms with Crippen LogP contribution in [0.2, 0.25) is 5.02 Å². The summed E-state index contributed by atoms with van der Waals surface area (Å²) in [7, 11) is -3.91. The number of benzene rings is 3. The summed E-state index contributed by atoms with van der Waals surface area (Å²) >= 11 is 6.06. The summed E-state index contributed by atoms with van der Waals surface area (Å²) in [6.07, 6.45) is 2.87. The molecule has 0 heterocycles. The number of hydrogen-bond donors (Lipinski definition) is 1. The molecule has 0 bridgehead atoms. The molecule has 0 saturated carbocycles. The van der Waals surface area contributed by atoms with Gasteiger partial charge in [-0.25, -0.2) is 12.8 Å². The molecule has 0 aromatic heterocycles. The van der Waals surface area contributed by atoms with Crippen LogP contribution in [-0.2, 0) is 32.6 Å². The van der Waals surface area contributed by atoms with Crippen LogP contribution < -0.4 is 9.62 Å². The second kappa shape index (κ2) is 14.1. The third kappa shape index (κ3) is 9.07. The maximum atomic E-state index is 13.9. The van der Waals surface area contributed by atoms with Crippen molar-refractivity contribution in [2.75, 3.05) is 23.7 Å². The molecule has 1 atom stereocenters. The van der Waals surface area contributed by atoms with Crippen molar-refractivity contribution in [3.8, 4) is 0 Å². The number of nitrogens with zero attached hydrogens (tertiary/aromatic N) is 2. The Morgan fingerprint density at radius 3 is 2.18 bits per heavy atom. The minimum absolute atomic E-state index is 0.0513. The molecule has 1 N–H and O–H groups in total. The first-order chi connectivity index (χ1) is 18.6. The van der Waals surface area contributed by atoms with E-state index < -0.39 is 34.3 Å². The molecule has 1 unspecified atom stereocenters. The van der Waals surface area contributed by atoms with Crippen molar-refractivity contribution < 1.29 is 22.4 Å². The molecule has 10 heteroatoms. The highest BCUT2D eigenvalue weighted by molar-refractivity contribution is 7.92. The molecular weight excluding hydrogens is 541 g/mol. The molecule has 3 aromatic carbocycles. The van der Waals surface area contributed by atoms with Gasteiger partial charge in [-0.05, 0) is 53.9 Å². The third-order valence-electron chi connectivity index (χ3n) is 6.16. The largest absolute Gasteiger partial charge is 0.354 e. The van der Waals surface area contributed by atoms with E-state index in [0.717, 1.165) is 46.7 Å². The van der Waals surface area contributed by atoms with E-state index >= 15 is 0 Å². The van der Waals surface area contributed by atoms with Crippen LogP contribution in [0.3, 0.4) is 0 Å². The lowest BCUT2D eigenvalue weighted by molar-refractivity contribution is -0.140. The SMILES string of the molecule is CCCCNC(=O)C(Cc1ccccc1)N(Cc1ccc(Cl)cc1)C(=O)CN(c1ccc(F)cc1)S(C)(=O)=O. The van der Waals surface area contributed by atoms with Gasteiger partial charge in [-0.1, -0.05) is 67.4 Å². The minimum atomic E-state index is -3.91. The van der Waals surface area contributed by atoms with Crippen molar-refractivity contribution in [2.45, 2.75) is 38.8 Å². The Bertz CT molecular complexity index is 1340. The Morgan fingerprint density at radius 2 is 1.59 bits per heavy atom. The summed E-state index contributed by atoms with van der Waals surface area (Å²) in [5.74, 6) is -1.44. The Labute approximate surface area is 234 Å². The van der Waals surface area contributed by atoms with Gasteiger partial charge in [0.1, 0.15) is 18.4 Å². The van der Waals surface area contributed by atoms with Crippen LogP contribution in [-0.4, -0.2) is 50.5 Å². The van der Waals surface area contributed by atoms with Crippen LogP contribution >= 0.6 is 11.6 Å². The molecule has 0 fully saturated rings. The van der Waals surface area contributed by atoms with E-state index in [0.29, 0.717) is 11.6 Å². The molecular formula is C29H33ClFN3O4S. The number of carbonyl (C=O) groups is 2. The molecule has 0 radical (unpaired) electrons. The van der Waals surface area contributed by atoms with Gasteiger partial charge in [-0.15, -0.1) is 0 Å². The first-order valence-corrected chi connectivity index (χ1v) is 14.9. The molecule has 0 aliphatic carbocycles. The second-order valence-electron chi connectivity index (χ2n) is 9.24. The first kappa shape index (κ1) is 30.1. The van der Waals surface area contributed by atoms with Gasteiger partial charge in [0.15, 0.2) is 0 Å². The number of carbonyl (C=O) groups excluding carboxylic acids is 2. The highest BCUT2D eigenvalue weighted by Gasteiger charge is 2.33. The fourth-order valence-electron chi connectivity index (χ4n) is 4.07. The lowest BCUT2D eigenvalue weighted by Crippen LogP contribution is -2.53. The second-order valence-corrected chi connectivity index (χ2v) is 11.6. The van der Waals surface area contributed by atoms with E-state index in [4.69, 9.17) is 11.6 Å². The zero-order valence-corrected chi connectivity index (χ0v) is 23.6. The van der Waals surface area contributed by atoms with Gasteiger partial charge in [0.25, 0.3) is 0 Å². The van der Waals surface area contributed by atoms with Crippen LogP contribution in [0.25, 0.3) is 0 Å². The van der Waals surface area contributed by atoms with Crippen LogP contribution in [0.4, 0.5) is 10.1 Å². The van der Waals surface area contributed by atoms with Gasteiger partial charge in [-0.3, -0.25) is 13.9 Å². The van der Waals surface area contributed by atoms with Gasteiger partial charge in [0.05, 0.1) is 11.9 Å². The van der Waals surface area contributed by atoms with Gasteiger partial charge < -0.3 is 10.2 Å². The van der Waals surface area contributed by atoms with Crippen molar-refractivity contribution in [2.24, 2.45) is 0 Å². The lowest BCUT2D eigenvalue weighted by Gasteiger charge is -2.33. The quantitative estimate of drug-likeness (QED) is 0.298. The summed E-state index contributed by atoms with van der Waals surface area (Å²) < 4.78 is 39.9. The van der Waals surface area contributed by atoms with Crippen molar-refractivity contribution >= 4 is 39.1 Å². The highest BCUT2D eigenvalue weighted by Crippen LogP contribution is 2.21. The number of nitrogens with one attached hydrogen (secondary N) is 1. The van der Waals surface area contributed by atoms with Crippen LogP contribution in [0.5, 0.6) is 0 Å². The summed E-state index contributed by atoms with van der Waals surface area (Å²) in [6, 6.07) is 20.1. The topological polar surface area (TPSA) is 86.8 Å². The molecule has 39 heavy (non-hydrogen) atoms. The van der Waals surface area contributed by atoms with E-state index in [2.05, 4.69) is 5.32 Å². The maximum Gasteiger partial charge on any atom is 0.244 e. The molecule has 2 amide bonds. The molecule has 3 rings (SSSR count). The average molecular weight is 574 g/mol. The van der Waals surface area contributed by atoms with Crippen LogP contribution in [0, 0.1) is 5.82 Å². The van der Waals surface area contributed by atoms with Crippen molar-refractivity contribution in [3.05, 3.63) is 101 Å². The number of rotatable bonds is 13. The molecule has 208 valence electrons. The normalized spacial score (nSPS) is 12.0. The molecule has 0 saturated heterocycles. The predicted molar refractivity (Wildman–Crippen MR) is 152 cm³/mol. The minimum Gasteiger partial charge on any atom is -0.354 e. The summed E-state index contributed by atoms with van der Waals surface area (Å²) in [6.45, 7) is 1.95. The maximum absolute atomic E-state index is 13.9. The van der Waals surface area contributed by atoms with E-state index in [1.165, 1.54) is 17.0 Å². The van der Waals surface area contributed by atoms with E-state index in [1.54, 1.807) is 24.3 Å². The Morgan fingerprint density at radius 1 is 0.949 bits per heavy atom. The first-order valence-electron chi connectivity index (χ1n) is 12.7. The van der Waals surface area contributed by atoms with E-state index in [-0.39, 0.29) is 24.6 Å². The van der Waals surface area contributed by atoms with Crippen LogP contribution in [0.15, 0.2) is 78.9 Å². The molecule has 0 aliphatic heterocycles. The van der Waals surface area contributed by atoms with Gasteiger partial charge in [0, 0.05) is 24.5 Å². The van der Waals surface area contributed by atoms with E-state index in [1.807, 2.05) is 37.3 Å².